The lowest BCUT2D eigenvalue weighted by Crippen LogP contribution is -2.24. The van der Waals surface area contributed by atoms with E-state index in [1.807, 2.05) is 16.8 Å². The Morgan fingerprint density at radius 2 is 1.80 bits per heavy atom. The molecule has 0 unspecified atom stereocenters. The first-order valence-corrected chi connectivity index (χ1v) is 11.6. The molecule has 30 heavy (non-hydrogen) atoms. The summed E-state index contributed by atoms with van der Waals surface area (Å²) >= 11 is 1.58. The molecule has 1 fully saturated rings. The number of hydrogen-bond donors (Lipinski definition) is 1. The Bertz CT molecular complexity index is 913. The van der Waals surface area contributed by atoms with E-state index in [0.717, 1.165) is 17.7 Å². The molecule has 1 N–H and O–H groups in total. The monoisotopic (exact) mass is 424 g/mol. The first-order valence-electron chi connectivity index (χ1n) is 10.7. The number of thiophene rings is 1. The Morgan fingerprint density at radius 3 is 2.53 bits per heavy atom. The van der Waals surface area contributed by atoms with Crippen molar-refractivity contribution in [3.63, 3.8) is 0 Å². The van der Waals surface area contributed by atoms with Crippen LogP contribution < -0.4 is 5.32 Å². The topological polar surface area (TPSA) is 71.3 Å². The molecule has 1 aromatic carbocycles. The van der Waals surface area contributed by atoms with Crippen LogP contribution in [0.5, 0.6) is 0 Å². The van der Waals surface area contributed by atoms with Gasteiger partial charge in [-0.3, -0.25) is 9.69 Å². The fourth-order valence-electron chi connectivity index (χ4n) is 3.68. The Labute approximate surface area is 181 Å². The summed E-state index contributed by atoms with van der Waals surface area (Å²) in [4.78, 5) is 14.7. The molecular weight excluding hydrogens is 396 g/mol. The minimum Gasteiger partial charge on any atom is -0.421 e. The molecule has 0 aliphatic carbocycles. The molecule has 0 radical (unpaired) electrons. The summed E-state index contributed by atoms with van der Waals surface area (Å²) in [6, 6.07) is 10.5. The van der Waals surface area contributed by atoms with Crippen molar-refractivity contribution in [2.75, 3.05) is 13.1 Å². The summed E-state index contributed by atoms with van der Waals surface area (Å²) < 4.78 is 5.62. The summed E-state index contributed by atoms with van der Waals surface area (Å²) in [6.07, 6.45) is 6.11. The second-order valence-electron chi connectivity index (χ2n) is 7.80. The van der Waals surface area contributed by atoms with Crippen molar-refractivity contribution in [2.45, 2.75) is 51.6 Å². The maximum atomic E-state index is 12.2. The molecule has 0 bridgehead atoms. The highest BCUT2D eigenvalue weighted by Crippen LogP contribution is 2.20. The second kappa shape index (κ2) is 10.5. The molecule has 2 aromatic heterocycles. The van der Waals surface area contributed by atoms with Gasteiger partial charge in [0.25, 0.3) is 0 Å². The zero-order chi connectivity index (χ0) is 20.6. The van der Waals surface area contributed by atoms with Gasteiger partial charge in [-0.05, 0) is 48.5 Å². The highest BCUT2D eigenvalue weighted by atomic mass is 32.1. The predicted octanol–water partition coefficient (Wildman–Crippen LogP) is 4.42. The van der Waals surface area contributed by atoms with E-state index < -0.39 is 0 Å². The number of benzene rings is 1. The molecule has 6 nitrogen and oxygen atoms in total. The van der Waals surface area contributed by atoms with Gasteiger partial charge in [0.2, 0.25) is 17.7 Å². The van der Waals surface area contributed by atoms with E-state index >= 15 is 0 Å². The number of nitrogens with one attached hydrogen (secondary N) is 1. The number of amides is 1. The van der Waals surface area contributed by atoms with Gasteiger partial charge in [0.05, 0.1) is 0 Å². The number of hydrogen-bond acceptors (Lipinski definition) is 6. The van der Waals surface area contributed by atoms with Crippen molar-refractivity contribution in [3.05, 3.63) is 58.1 Å². The van der Waals surface area contributed by atoms with Gasteiger partial charge in [0.15, 0.2) is 0 Å². The quantitative estimate of drug-likeness (QED) is 0.579. The van der Waals surface area contributed by atoms with E-state index in [1.54, 1.807) is 11.3 Å². The van der Waals surface area contributed by atoms with Gasteiger partial charge in [-0.25, -0.2) is 0 Å². The molecule has 3 heterocycles. The van der Waals surface area contributed by atoms with Crippen LogP contribution in [0.15, 0.2) is 45.5 Å². The second-order valence-corrected chi connectivity index (χ2v) is 8.58. The van der Waals surface area contributed by atoms with Crippen LogP contribution >= 0.6 is 11.3 Å². The molecule has 1 aliphatic heterocycles. The van der Waals surface area contributed by atoms with Crippen molar-refractivity contribution < 1.29 is 9.21 Å². The van der Waals surface area contributed by atoms with Crippen LogP contribution in [-0.2, 0) is 24.3 Å². The maximum Gasteiger partial charge on any atom is 0.248 e. The third-order valence-electron chi connectivity index (χ3n) is 5.42. The molecule has 1 aliphatic rings. The molecule has 0 saturated carbocycles. The lowest BCUT2D eigenvalue weighted by molar-refractivity contribution is -0.121. The number of nitrogens with zero attached hydrogens (tertiary/aromatic N) is 3. The predicted molar refractivity (Wildman–Crippen MR) is 118 cm³/mol. The molecule has 0 spiro atoms. The molecular formula is C23H28N4O2S. The van der Waals surface area contributed by atoms with Crippen LogP contribution in [0.1, 0.15) is 49.1 Å². The first kappa shape index (κ1) is 20.8. The number of likely N-dealkylation sites (tertiary alicyclic amines) is 1. The summed E-state index contributed by atoms with van der Waals surface area (Å²) in [5.74, 6) is 0.982. The molecule has 4 rings (SSSR count). The molecule has 3 aromatic rings. The van der Waals surface area contributed by atoms with E-state index in [4.69, 9.17) is 4.42 Å². The third-order valence-corrected chi connectivity index (χ3v) is 6.10. The van der Waals surface area contributed by atoms with Crippen LogP contribution in [0.3, 0.4) is 0 Å². The van der Waals surface area contributed by atoms with Crippen molar-refractivity contribution in [2.24, 2.45) is 0 Å². The van der Waals surface area contributed by atoms with E-state index in [0.29, 0.717) is 31.2 Å². The highest BCUT2D eigenvalue weighted by molar-refractivity contribution is 7.08. The minimum atomic E-state index is -0.0149. The molecule has 1 saturated heterocycles. The van der Waals surface area contributed by atoms with Gasteiger partial charge in [0.1, 0.15) is 0 Å². The van der Waals surface area contributed by atoms with Crippen molar-refractivity contribution in [1.29, 1.82) is 0 Å². The van der Waals surface area contributed by atoms with Gasteiger partial charge in [-0.15, -0.1) is 10.2 Å². The average Bonchev–Trinajstić information content (AvgIpc) is 3.40. The summed E-state index contributed by atoms with van der Waals surface area (Å²) in [7, 11) is 0. The van der Waals surface area contributed by atoms with E-state index in [2.05, 4.69) is 44.7 Å². The molecule has 1 amide bonds. The number of carbonyl (C=O) groups is 1. The normalized spacial score (nSPS) is 15.1. The van der Waals surface area contributed by atoms with Crippen LogP contribution in [0.2, 0.25) is 0 Å². The van der Waals surface area contributed by atoms with Gasteiger partial charge in [0, 0.05) is 36.9 Å². The summed E-state index contributed by atoms with van der Waals surface area (Å²) in [5, 5.41) is 15.0. The number of aryl methyl sites for hydroxylation is 1. The number of rotatable bonds is 8. The van der Waals surface area contributed by atoms with Gasteiger partial charge >= 0.3 is 0 Å². The largest absolute Gasteiger partial charge is 0.421 e. The lowest BCUT2D eigenvalue weighted by Gasteiger charge is -2.19. The van der Waals surface area contributed by atoms with E-state index in [1.165, 1.54) is 44.3 Å². The van der Waals surface area contributed by atoms with Crippen LogP contribution in [-0.4, -0.2) is 34.1 Å². The number of carbonyl (C=O) groups excluding carboxylic acids is 1. The van der Waals surface area contributed by atoms with Crippen molar-refractivity contribution in [3.8, 4) is 11.5 Å². The first-order chi connectivity index (χ1) is 14.8. The summed E-state index contributed by atoms with van der Waals surface area (Å²) in [6.45, 7) is 3.95. The lowest BCUT2D eigenvalue weighted by atomic mass is 10.1. The Morgan fingerprint density at radius 1 is 1.03 bits per heavy atom. The molecule has 7 heteroatoms. The Balaban J connectivity index is 1.19. The minimum absolute atomic E-state index is 0.0149. The van der Waals surface area contributed by atoms with Crippen molar-refractivity contribution in [1.82, 2.24) is 20.4 Å². The van der Waals surface area contributed by atoms with E-state index in [9.17, 15) is 4.79 Å². The highest BCUT2D eigenvalue weighted by Gasteiger charge is 2.11. The zero-order valence-corrected chi connectivity index (χ0v) is 18.0. The smallest absolute Gasteiger partial charge is 0.248 e. The zero-order valence-electron chi connectivity index (χ0n) is 17.2. The van der Waals surface area contributed by atoms with E-state index in [-0.39, 0.29) is 5.91 Å². The summed E-state index contributed by atoms with van der Waals surface area (Å²) in [5.41, 5.74) is 3.37. The fraction of sp³-hybridized carbons (Fsp3) is 0.435. The average molecular weight is 425 g/mol. The molecule has 158 valence electrons. The Kier molecular flexibility index (Phi) is 7.26. The SMILES string of the molecule is O=C(CCc1nnc(-c2ccsc2)o1)NCc1ccc(CN2CCCCCC2)cc1. The fourth-order valence-corrected chi connectivity index (χ4v) is 4.31. The molecule has 0 atom stereocenters. The van der Waals surface area contributed by atoms with Gasteiger partial charge < -0.3 is 9.73 Å². The van der Waals surface area contributed by atoms with Crippen LogP contribution in [0.4, 0.5) is 0 Å². The van der Waals surface area contributed by atoms with Crippen LogP contribution in [0, 0.1) is 0 Å². The van der Waals surface area contributed by atoms with Crippen LogP contribution in [0.25, 0.3) is 11.5 Å². The van der Waals surface area contributed by atoms with Gasteiger partial charge in [-0.2, -0.15) is 11.3 Å². The third kappa shape index (κ3) is 6.00. The van der Waals surface area contributed by atoms with Crippen molar-refractivity contribution >= 4 is 17.2 Å². The standard InChI is InChI=1S/C23H28N4O2S/c28-21(9-10-22-25-26-23(29-22)20-11-14-30-17-20)24-15-18-5-7-19(8-6-18)16-27-12-3-1-2-4-13-27/h5-8,11,14,17H,1-4,9-10,12-13,15-16H2,(H,24,28). The maximum absolute atomic E-state index is 12.2. The number of aromatic nitrogens is 2. The Hall–Kier alpha value is -2.51. The van der Waals surface area contributed by atoms with Gasteiger partial charge in [-0.1, -0.05) is 37.1 Å².